The van der Waals surface area contributed by atoms with Crippen LogP contribution in [0, 0.1) is 12.7 Å². The molecule has 1 aliphatic rings. The normalized spacial score (nSPS) is 14.6. The van der Waals surface area contributed by atoms with E-state index in [1.807, 2.05) is 31.2 Å². The van der Waals surface area contributed by atoms with E-state index in [9.17, 15) is 14.0 Å². The van der Waals surface area contributed by atoms with Crippen molar-refractivity contribution < 1.29 is 14.0 Å². The van der Waals surface area contributed by atoms with Gasteiger partial charge in [0, 0.05) is 42.6 Å². The zero-order valence-electron chi connectivity index (χ0n) is 15.0. The number of rotatable bonds is 2. The zero-order chi connectivity index (χ0) is 19.0. The minimum absolute atomic E-state index is 0.0679. The van der Waals surface area contributed by atoms with Crippen molar-refractivity contribution in [2.45, 2.75) is 6.92 Å². The van der Waals surface area contributed by atoms with Crippen LogP contribution in [0.3, 0.4) is 0 Å². The number of carbonyl (C=O) groups excluding carboxylic acids is 2. The Kier molecular flexibility index (Phi) is 4.39. The molecule has 0 saturated carbocycles. The number of hydrogen-bond donors (Lipinski definition) is 1. The molecule has 1 N–H and O–H groups in total. The molecule has 0 aliphatic carbocycles. The molecule has 1 aliphatic heterocycles. The Balaban J connectivity index is 1.43. The topological polar surface area (TPSA) is 56.4 Å². The maximum atomic E-state index is 13.3. The summed E-state index contributed by atoms with van der Waals surface area (Å²) in [6.45, 7) is 3.78. The number of fused-ring (bicyclic) bond motifs is 1. The number of H-pyrrole nitrogens is 1. The number of aromatic nitrogens is 1. The van der Waals surface area contributed by atoms with Crippen molar-refractivity contribution >= 4 is 22.7 Å². The summed E-state index contributed by atoms with van der Waals surface area (Å²) in [4.78, 5) is 31.9. The Labute approximate surface area is 156 Å². The van der Waals surface area contributed by atoms with E-state index in [-0.39, 0.29) is 11.8 Å². The molecule has 1 saturated heterocycles. The first-order chi connectivity index (χ1) is 13.0. The van der Waals surface area contributed by atoms with Crippen LogP contribution in [0.1, 0.15) is 26.4 Å². The first-order valence-electron chi connectivity index (χ1n) is 8.95. The van der Waals surface area contributed by atoms with Gasteiger partial charge in [-0.05, 0) is 42.8 Å². The average molecular weight is 365 g/mol. The molecular formula is C21H20FN3O2. The third kappa shape index (κ3) is 3.43. The fourth-order valence-electron chi connectivity index (χ4n) is 3.44. The highest BCUT2D eigenvalue weighted by molar-refractivity contribution is 5.98. The molecule has 4 rings (SSSR count). The lowest BCUT2D eigenvalue weighted by Crippen LogP contribution is -2.50. The van der Waals surface area contributed by atoms with Gasteiger partial charge in [0.2, 0.25) is 0 Å². The van der Waals surface area contributed by atoms with Crippen LogP contribution in [-0.4, -0.2) is 52.8 Å². The summed E-state index contributed by atoms with van der Waals surface area (Å²) in [7, 11) is 0. The van der Waals surface area contributed by atoms with Crippen molar-refractivity contribution in [2.75, 3.05) is 26.2 Å². The minimum Gasteiger partial charge on any atom is -0.351 e. The molecule has 138 valence electrons. The van der Waals surface area contributed by atoms with Gasteiger partial charge in [0.15, 0.2) is 0 Å². The average Bonchev–Trinajstić information content (AvgIpc) is 3.10. The molecule has 3 aromatic rings. The molecule has 2 amide bonds. The molecular weight excluding hydrogens is 345 g/mol. The summed E-state index contributed by atoms with van der Waals surface area (Å²) in [5, 5.41) is 1.00. The van der Waals surface area contributed by atoms with E-state index in [1.165, 1.54) is 18.2 Å². The third-order valence-corrected chi connectivity index (χ3v) is 4.93. The van der Waals surface area contributed by atoms with Crippen LogP contribution in [0.15, 0.2) is 48.5 Å². The second-order valence-electron chi connectivity index (χ2n) is 6.87. The van der Waals surface area contributed by atoms with E-state index < -0.39 is 5.82 Å². The standard InChI is InChI=1S/C21H20FN3O2/c1-14-5-6-15-13-19(23-18(15)11-14)21(27)25-9-7-24(8-10-25)20(26)16-3-2-4-17(22)12-16/h2-6,11-13,23H,7-10H2,1H3. The Bertz CT molecular complexity index is 1020. The molecule has 0 spiro atoms. The fraction of sp³-hybridized carbons (Fsp3) is 0.238. The molecule has 5 nitrogen and oxygen atoms in total. The molecule has 1 aromatic heterocycles. The Morgan fingerprint density at radius 1 is 0.926 bits per heavy atom. The summed E-state index contributed by atoms with van der Waals surface area (Å²) in [5.41, 5.74) is 2.97. The van der Waals surface area contributed by atoms with Crippen LogP contribution in [0.25, 0.3) is 10.9 Å². The summed E-state index contributed by atoms with van der Waals surface area (Å²) >= 11 is 0. The largest absolute Gasteiger partial charge is 0.351 e. The van der Waals surface area contributed by atoms with Gasteiger partial charge in [-0.3, -0.25) is 9.59 Å². The van der Waals surface area contributed by atoms with Gasteiger partial charge in [-0.25, -0.2) is 4.39 Å². The molecule has 0 atom stereocenters. The number of amides is 2. The number of nitrogens with one attached hydrogen (secondary N) is 1. The Morgan fingerprint density at radius 2 is 1.63 bits per heavy atom. The Morgan fingerprint density at radius 3 is 2.33 bits per heavy atom. The van der Waals surface area contributed by atoms with Gasteiger partial charge in [-0.15, -0.1) is 0 Å². The van der Waals surface area contributed by atoms with Gasteiger partial charge < -0.3 is 14.8 Å². The highest BCUT2D eigenvalue weighted by Crippen LogP contribution is 2.19. The van der Waals surface area contributed by atoms with Crippen molar-refractivity contribution in [2.24, 2.45) is 0 Å². The molecule has 1 fully saturated rings. The molecule has 27 heavy (non-hydrogen) atoms. The number of aromatic amines is 1. The van der Waals surface area contributed by atoms with Crippen LogP contribution < -0.4 is 0 Å². The van der Waals surface area contributed by atoms with E-state index in [4.69, 9.17) is 0 Å². The van der Waals surface area contributed by atoms with Crippen LogP contribution in [0.5, 0.6) is 0 Å². The first-order valence-corrected chi connectivity index (χ1v) is 8.95. The van der Waals surface area contributed by atoms with Gasteiger partial charge in [0.05, 0.1) is 0 Å². The predicted molar refractivity (Wildman–Crippen MR) is 101 cm³/mol. The number of nitrogens with zero attached hydrogens (tertiary/aromatic N) is 2. The van der Waals surface area contributed by atoms with Gasteiger partial charge in [0.1, 0.15) is 11.5 Å². The van der Waals surface area contributed by atoms with Gasteiger partial charge in [0.25, 0.3) is 11.8 Å². The van der Waals surface area contributed by atoms with Crippen LogP contribution in [0.4, 0.5) is 4.39 Å². The maximum absolute atomic E-state index is 13.3. The van der Waals surface area contributed by atoms with Crippen molar-refractivity contribution in [1.29, 1.82) is 0 Å². The number of piperazine rings is 1. The zero-order valence-corrected chi connectivity index (χ0v) is 15.0. The molecule has 0 radical (unpaired) electrons. The predicted octanol–water partition coefficient (Wildman–Crippen LogP) is 3.21. The number of benzene rings is 2. The van der Waals surface area contributed by atoms with Gasteiger partial charge >= 0.3 is 0 Å². The van der Waals surface area contributed by atoms with Crippen molar-refractivity contribution in [3.63, 3.8) is 0 Å². The van der Waals surface area contributed by atoms with Crippen LogP contribution in [0.2, 0.25) is 0 Å². The second-order valence-corrected chi connectivity index (χ2v) is 6.87. The molecule has 2 aromatic carbocycles. The Hall–Kier alpha value is -3.15. The molecule has 0 bridgehead atoms. The third-order valence-electron chi connectivity index (χ3n) is 4.93. The van der Waals surface area contributed by atoms with E-state index in [0.29, 0.717) is 37.4 Å². The summed E-state index contributed by atoms with van der Waals surface area (Å²) in [5.74, 6) is -0.701. The number of halogens is 1. The van der Waals surface area contributed by atoms with E-state index in [0.717, 1.165) is 16.5 Å². The number of hydrogen-bond acceptors (Lipinski definition) is 2. The highest BCUT2D eigenvalue weighted by atomic mass is 19.1. The van der Waals surface area contributed by atoms with E-state index in [1.54, 1.807) is 15.9 Å². The van der Waals surface area contributed by atoms with E-state index in [2.05, 4.69) is 4.98 Å². The maximum Gasteiger partial charge on any atom is 0.270 e. The lowest BCUT2D eigenvalue weighted by Gasteiger charge is -2.34. The second kappa shape index (κ2) is 6.87. The quantitative estimate of drug-likeness (QED) is 0.758. The summed E-state index contributed by atoms with van der Waals surface area (Å²) < 4.78 is 13.3. The molecule has 2 heterocycles. The first kappa shape index (κ1) is 17.3. The van der Waals surface area contributed by atoms with Gasteiger partial charge in [-0.1, -0.05) is 18.2 Å². The number of aryl methyl sites for hydroxylation is 1. The number of carbonyl (C=O) groups is 2. The minimum atomic E-state index is -0.427. The monoisotopic (exact) mass is 365 g/mol. The van der Waals surface area contributed by atoms with Crippen molar-refractivity contribution in [1.82, 2.24) is 14.8 Å². The SMILES string of the molecule is Cc1ccc2cc(C(=O)N3CCN(C(=O)c4cccc(F)c4)CC3)[nH]c2c1. The summed E-state index contributed by atoms with van der Waals surface area (Å²) in [6, 6.07) is 13.6. The lowest BCUT2D eigenvalue weighted by atomic mass is 10.1. The smallest absolute Gasteiger partial charge is 0.270 e. The molecule has 6 heteroatoms. The van der Waals surface area contributed by atoms with Crippen molar-refractivity contribution in [3.05, 3.63) is 71.2 Å². The van der Waals surface area contributed by atoms with Crippen LogP contribution >= 0.6 is 0 Å². The van der Waals surface area contributed by atoms with E-state index >= 15 is 0 Å². The van der Waals surface area contributed by atoms with Crippen molar-refractivity contribution in [3.8, 4) is 0 Å². The van der Waals surface area contributed by atoms with Gasteiger partial charge in [-0.2, -0.15) is 0 Å². The summed E-state index contributed by atoms with van der Waals surface area (Å²) in [6.07, 6.45) is 0. The molecule has 0 unspecified atom stereocenters. The van der Waals surface area contributed by atoms with Crippen LogP contribution in [-0.2, 0) is 0 Å². The lowest BCUT2D eigenvalue weighted by molar-refractivity contribution is 0.0532. The fourth-order valence-corrected chi connectivity index (χ4v) is 3.44. The highest BCUT2D eigenvalue weighted by Gasteiger charge is 2.26.